The van der Waals surface area contributed by atoms with E-state index in [1.165, 1.54) is 12.5 Å². The van der Waals surface area contributed by atoms with Gasteiger partial charge in [-0.2, -0.15) is 11.8 Å². The maximum absolute atomic E-state index is 13.4. The Morgan fingerprint density at radius 2 is 2.20 bits per heavy atom. The second kappa shape index (κ2) is 6.54. The number of hydrogen-bond acceptors (Lipinski definition) is 1. The van der Waals surface area contributed by atoms with Crippen molar-refractivity contribution in [2.45, 2.75) is 26.0 Å². The van der Waals surface area contributed by atoms with E-state index in [0.717, 1.165) is 21.5 Å². The molecule has 0 radical (unpaired) electrons. The Hall–Kier alpha value is -0.0200. The summed E-state index contributed by atoms with van der Waals surface area (Å²) >= 11 is 5.06. The second-order valence-corrected chi connectivity index (χ2v) is 5.71. The van der Waals surface area contributed by atoms with Gasteiger partial charge in [0.2, 0.25) is 0 Å². The molecule has 1 unspecified atom stereocenters. The highest BCUT2D eigenvalue weighted by Gasteiger charge is 2.04. The van der Waals surface area contributed by atoms with E-state index in [-0.39, 0.29) is 5.82 Å². The summed E-state index contributed by atoms with van der Waals surface area (Å²) < 4.78 is 14.2. The van der Waals surface area contributed by atoms with Gasteiger partial charge in [-0.05, 0) is 29.4 Å². The maximum atomic E-state index is 13.4. The molecule has 0 aromatic heterocycles. The molecule has 0 saturated carbocycles. The minimum Gasteiger partial charge on any atom is -0.207 e. The molecule has 0 aliphatic rings. The largest absolute Gasteiger partial charge is 0.207 e. The van der Waals surface area contributed by atoms with Crippen molar-refractivity contribution in [3.05, 3.63) is 34.1 Å². The van der Waals surface area contributed by atoms with Crippen LogP contribution in [0.15, 0.2) is 22.7 Å². The molecule has 15 heavy (non-hydrogen) atoms. The monoisotopic (exact) mass is 290 g/mol. The average molecular weight is 291 g/mol. The van der Waals surface area contributed by atoms with Gasteiger partial charge in [0.25, 0.3) is 0 Å². The molecule has 0 amide bonds. The molecule has 0 aliphatic carbocycles. The molecule has 0 heterocycles. The molecule has 0 spiro atoms. The van der Waals surface area contributed by atoms with Crippen LogP contribution >= 0.6 is 27.7 Å². The standard InChI is InChI=1S/C12H16BrFS/c1-3-9(2)7-15-8-10-4-5-11(13)6-12(10)14/h4-6,9H,3,7-8H2,1-2H3. The predicted octanol–water partition coefficient (Wildman–Crippen LogP) is 4.87. The van der Waals surface area contributed by atoms with Gasteiger partial charge in [-0.15, -0.1) is 0 Å². The third-order valence-electron chi connectivity index (χ3n) is 2.37. The van der Waals surface area contributed by atoms with E-state index >= 15 is 0 Å². The fourth-order valence-corrected chi connectivity index (χ4v) is 2.67. The topological polar surface area (TPSA) is 0 Å². The van der Waals surface area contributed by atoms with Crippen LogP contribution in [0.2, 0.25) is 0 Å². The van der Waals surface area contributed by atoms with E-state index in [9.17, 15) is 4.39 Å². The number of thioether (sulfide) groups is 1. The summed E-state index contributed by atoms with van der Waals surface area (Å²) in [4.78, 5) is 0. The number of rotatable bonds is 5. The summed E-state index contributed by atoms with van der Waals surface area (Å²) in [5.41, 5.74) is 0.798. The molecule has 1 aromatic rings. The molecular weight excluding hydrogens is 275 g/mol. The van der Waals surface area contributed by atoms with Crippen molar-refractivity contribution in [3.8, 4) is 0 Å². The molecule has 0 saturated heterocycles. The van der Waals surface area contributed by atoms with Gasteiger partial charge in [0.15, 0.2) is 0 Å². The summed E-state index contributed by atoms with van der Waals surface area (Å²) in [5, 5.41) is 0. The lowest BCUT2D eigenvalue weighted by Crippen LogP contribution is -1.96. The third-order valence-corrected chi connectivity index (χ3v) is 4.19. The van der Waals surface area contributed by atoms with E-state index < -0.39 is 0 Å². The first-order chi connectivity index (χ1) is 7.13. The zero-order valence-corrected chi connectivity index (χ0v) is 11.5. The quantitative estimate of drug-likeness (QED) is 0.746. The lowest BCUT2D eigenvalue weighted by molar-refractivity contribution is 0.615. The number of hydrogen-bond donors (Lipinski definition) is 0. The van der Waals surface area contributed by atoms with Crippen molar-refractivity contribution >= 4 is 27.7 Å². The van der Waals surface area contributed by atoms with E-state index in [4.69, 9.17) is 0 Å². The molecule has 0 aliphatic heterocycles. The zero-order chi connectivity index (χ0) is 11.3. The van der Waals surface area contributed by atoms with Gasteiger partial charge >= 0.3 is 0 Å². The van der Waals surface area contributed by atoms with Gasteiger partial charge in [0.05, 0.1) is 0 Å². The van der Waals surface area contributed by atoms with Gasteiger partial charge < -0.3 is 0 Å². The van der Waals surface area contributed by atoms with Gasteiger partial charge in [-0.3, -0.25) is 0 Å². The first-order valence-corrected chi connectivity index (χ1v) is 7.10. The van der Waals surface area contributed by atoms with Crippen molar-refractivity contribution in [2.75, 3.05) is 5.75 Å². The molecule has 1 aromatic carbocycles. The van der Waals surface area contributed by atoms with Crippen molar-refractivity contribution in [3.63, 3.8) is 0 Å². The molecule has 1 atom stereocenters. The molecule has 0 N–H and O–H groups in total. The first kappa shape index (κ1) is 13.0. The fourth-order valence-electron chi connectivity index (χ4n) is 1.13. The van der Waals surface area contributed by atoms with Crippen molar-refractivity contribution in [1.82, 2.24) is 0 Å². The smallest absolute Gasteiger partial charge is 0.128 e. The Kier molecular flexibility index (Phi) is 5.69. The van der Waals surface area contributed by atoms with Crippen molar-refractivity contribution in [1.29, 1.82) is 0 Å². The van der Waals surface area contributed by atoms with Gasteiger partial charge in [-0.25, -0.2) is 4.39 Å². The second-order valence-electron chi connectivity index (χ2n) is 3.76. The highest BCUT2D eigenvalue weighted by Crippen LogP contribution is 2.21. The van der Waals surface area contributed by atoms with Crippen LogP contribution < -0.4 is 0 Å². The van der Waals surface area contributed by atoms with Crippen molar-refractivity contribution in [2.24, 2.45) is 5.92 Å². The van der Waals surface area contributed by atoms with E-state index in [1.54, 1.807) is 11.8 Å². The highest BCUT2D eigenvalue weighted by molar-refractivity contribution is 9.10. The fraction of sp³-hybridized carbons (Fsp3) is 0.500. The molecule has 3 heteroatoms. The van der Waals surface area contributed by atoms with E-state index in [2.05, 4.69) is 29.8 Å². The summed E-state index contributed by atoms with van der Waals surface area (Å²) in [6, 6.07) is 5.27. The van der Waals surface area contributed by atoms with Crippen LogP contribution in [0.1, 0.15) is 25.8 Å². The van der Waals surface area contributed by atoms with Gasteiger partial charge in [-0.1, -0.05) is 42.3 Å². The predicted molar refractivity (Wildman–Crippen MR) is 69.7 cm³/mol. The minimum absolute atomic E-state index is 0.110. The lowest BCUT2D eigenvalue weighted by atomic mass is 10.2. The Labute approximate surface area is 104 Å². The Morgan fingerprint density at radius 1 is 1.47 bits per heavy atom. The van der Waals surface area contributed by atoms with Gasteiger partial charge in [0.1, 0.15) is 5.82 Å². The summed E-state index contributed by atoms with van der Waals surface area (Å²) in [5.74, 6) is 2.48. The number of halogens is 2. The Morgan fingerprint density at radius 3 is 2.80 bits per heavy atom. The van der Waals surface area contributed by atoms with Crippen LogP contribution in [0.3, 0.4) is 0 Å². The lowest BCUT2D eigenvalue weighted by Gasteiger charge is -2.08. The highest BCUT2D eigenvalue weighted by atomic mass is 79.9. The van der Waals surface area contributed by atoms with E-state index in [1.807, 2.05) is 12.1 Å². The molecule has 0 fully saturated rings. The SMILES string of the molecule is CCC(C)CSCc1ccc(Br)cc1F. The minimum atomic E-state index is -0.110. The summed E-state index contributed by atoms with van der Waals surface area (Å²) in [6.07, 6.45) is 1.19. The Balaban J connectivity index is 2.44. The van der Waals surface area contributed by atoms with E-state index in [0.29, 0.717) is 5.92 Å². The van der Waals surface area contributed by atoms with Crippen LogP contribution in [0.4, 0.5) is 4.39 Å². The van der Waals surface area contributed by atoms with Crippen LogP contribution in [0.5, 0.6) is 0 Å². The molecular formula is C12H16BrFS. The van der Waals surface area contributed by atoms with Crippen LogP contribution in [0, 0.1) is 11.7 Å². The maximum Gasteiger partial charge on any atom is 0.128 e. The summed E-state index contributed by atoms with van der Waals surface area (Å²) in [6.45, 7) is 4.41. The first-order valence-electron chi connectivity index (χ1n) is 5.15. The normalized spacial score (nSPS) is 12.8. The van der Waals surface area contributed by atoms with Crippen LogP contribution in [-0.2, 0) is 5.75 Å². The van der Waals surface area contributed by atoms with Crippen LogP contribution in [0.25, 0.3) is 0 Å². The Bertz CT molecular complexity index is 314. The zero-order valence-electron chi connectivity index (χ0n) is 9.09. The molecule has 0 nitrogen and oxygen atoms in total. The van der Waals surface area contributed by atoms with Crippen LogP contribution in [-0.4, -0.2) is 5.75 Å². The third kappa shape index (κ3) is 4.56. The van der Waals surface area contributed by atoms with Crippen molar-refractivity contribution < 1.29 is 4.39 Å². The summed E-state index contributed by atoms with van der Waals surface area (Å²) in [7, 11) is 0. The molecule has 1 rings (SSSR count). The molecule has 84 valence electrons. The van der Waals surface area contributed by atoms with Gasteiger partial charge in [0, 0.05) is 10.2 Å². The molecule has 0 bridgehead atoms. The average Bonchev–Trinajstić information content (AvgIpc) is 2.21. The number of benzene rings is 1.